The quantitative estimate of drug-likeness (QED) is 0.360. The number of halogens is 1. The van der Waals surface area contributed by atoms with Gasteiger partial charge < -0.3 is 15.3 Å². The number of fused-ring (bicyclic) bond motifs is 4. The zero-order valence-electron chi connectivity index (χ0n) is 18.5. The van der Waals surface area contributed by atoms with Crippen LogP contribution < -0.4 is 5.32 Å². The molecule has 6 aromatic rings. The molecule has 0 aliphatic heterocycles. The van der Waals surface area contributed by atoms with Gasteiger partial charge in [-0.2, -0.15) is 14.6 Å². The van der Waals surface area contributed by atoms with Crippen LogP contribution in [0.5, 0.6) is 0 Å². The van der Waals surface area contributed by atoms with Gasteiger partial charge in [0.1, 0.15) is 11.6 Å². The number of pyridine rings is 1. The summed E-state index contributed by atoms with van der Waals surface area (Å²) in [5.74, 6) is 1.11. The molecule has 0 radical (unpaired) electrons. The molecule has 0 bridgehead atoms. The van der Waals surface area contributed by atoms with Crippen LogP contribution in [0.1, 0.15) is 17.7 Å². The van der Waals surface area contributed by atoms with E-state index in [-0.39, 0.29) is 6.04 Å². The van der Waals surface area contributed by atoms with Gasteiger partial charge in [-0.3, -0.25) is 4.98 Å². The van der Waals surface area contributed by atoms with E-state index < -0.39 is 5.82 Å². The van der Waals surface area contributed by atoms with Gasteiger partial charge in [-0.05, 0) is 37.0 Å². The fraction of sp³-hybridized carbons (Fsp3) is 0.160. The molecule has 1 aliphatic rings. The van der Waals surface area contributed by atoms with Gasteiger partial charge in [0.15, 0.2) is 11.5 Å². The minimum atomic E-state index is -0.445. The first kappa shape index (κ1) is 19.8. The van der Waals surface area contributed by atoms with E-state index in [4.69, 9.17) is 9.97 Å². The standard InChI is InChI=1S/C25H20FN9/c26-15-9-14(11-27-12-15)22-33-24-19(23-28-7-8-29-23)13-30-35(24)25(34-22)31-16-5-6-21-18(10-16)17-3-1-2-4-20(17)32-21/h1-4,7-9,11-13,16,32H,5-6,10H2,(H,28,29)(H,31,33,34). The summed E-state index contributed by atoms with van der Waals surface area (Å²) in [5, 5.41) is 9.40. The molecule has 5 heterocycles. The molecule has 5 aromatic heterocycles. The molecule has 1 aliphatic carbocycles. The second kappa shape index (κ2) is 7.73. The summed E-state index contributed by atoms with van der Waals surface area (Å²) >= 11 is 0. The number of nitrogens with zero attached hydrogens (tertiary/aromatic N) is 6. The van der Waals surface area contributed by atoms with E-state index in [2.05, 4.69) is 54.6 Å². The second-order valence-electron chi connectivity index (χ2n) is 8.71. The SMILES string of the molecule is Fc1cncc(-c2nc(NC3CCc4[nH]c5ccccc5c4C3)n3ncc(-c4ncc[nH]4)c3n2)c1. The number of aromatic nitrogens is 8. The zero-order chi connectivity index (χ0) is 23.4. The molecule has 0 spiro atoms. The monoisotopic (exact) mass is 465 g/mol. The predicted molar refractivity (Wildman–Crippen MR) is 129 cm³/mol. The molecular formula is C25H20FN9. The van der Waals surface area contributed by atoms with E-state index in [0.29, 0.717) is 28.8 Å². The molecule has 9 nitrogen and oxygen atoms in total. The van der Waals surface area contributed by atoms with Crippen LogP contribution in [0.2, 0.25) is 0 Å². The van der Waals surface area contributed by atoms with E-state index >= 15 is 0 Å². The lowest BCUT2D eigenvalue weighted by atomic mass is 9.91. The largest absolute Gasteiger partial charge is 0.358 e. The number of para-hydroxylation sites is 1. The smallest absolute Gasteiger partial charge is 0.228 e. The summed E-state index contributed by atoms with van der Waals surface area (Å²) in [6.45, 7) is 0. The number of aryl methyl sites for hydroxylation is 1. The summed E-state index contributed by atoms with van der Waals surface area (Å²) in [7, 11) is 0. The van der Waals surface area contributed by atoms with E-state index in [1.807, 2.05) is 0 Å². The van der Waals surface area contributed by atoms with Crippen molar-refractivity contribution in [2.24, 2.45) is 0 Å². The number of nitrogens with one attached hydrogen (secondary N) is 3. The molecule has 7 rings (SSSR count). The Morgan fingerprint density at radius 1 is 1.11 bits per heavy atom. The maximum absolute atomic E-state index is 14.0. The van der Waals surface area contributed by atoms with Crippen LogP contribution in [0.4, 0.5) is 10.3 Å². The number of hydrogen-bond donors (Lipinski definition) is 3. The average molecular weight is 465 g/mol. The fourth-order valence-corrected chi connectivity index (χ4v) is 4.89. The van der Waals surface area contributed by atoms with Crippen molar-refractivity contribution in [3.05, 3.63) is 78.4 Å². The van der Waals surface area contributed by atoms with Crippen molar-refractivity contribution in [3.8, 4) is 22.8 Å². The zero-order valence-corrected chi connectivity index (χ0v) is 18.5. The van der Waals surface area contributed by atoms with Crippen molar-refractivity contribution >= 4 is 22.5 Å². The highest BCUT2D eigenvalue weighted by Crippen LogP contribution is 2.31. The topological polar surface area (TPSA) is 112 Å². The molecule has 0 saturated heterocycles. The van der Waals surface area contributed by atoms with Crippen LogP contribution in [0.15, 0.2) is 61.3 Å². The third-order valence-electron chi connectivity index (χ3n) is 6.51. The number of anilines is 1. The molecule has 1 unspecified atom stereocenters. The summed E-state index contributed by atoms with van der Waals surface area (Å²) in [6.07, 6.45) is 10.6. The molecule has 35 heavy (non-hydrogen) atoms. The Morgan fingerprint density at radius 2 is 2.06 bits per heavy atom. The van der Waals surface area contributed by atoms with E-state index in [9.17, 15) is 4.39 Å². The van der Waals surface area contributed by atoms with Crippen molar-refractivity contribution in [2.45, 2.75) is 25.3 Å². The molecule has 0 fully saturated rings. The Bertz CT molecular complexity index is 1680. The van der Waals surface area contributed by atoms with Gasteiger partial charge in [-0.25, -0.2) is 14.4 Å². The third-order valence-corrected chi connectivity index (χ3v) is 6.51. The Hall–Kier alpha value is -4.60. The van der Waals surface area contributed by atoms with Crippen LogP contribution >= 0.6 is 0 Å². The lowest BCUT2D eigenvalue weighted by Crippen LogP contribution is -2.29. The van der Waals surface area contributed by atoms with Crippen molar-refractivity contribution in [1.29, 1.82) is 0 Å². The minimum absolute atomic E-state index is 0.148. The number of aromatic amines is 2. The lowest BCUT2D eigenvalue weighted by molar-refractivity contribution is 0.599. The van der Waals surface area contributed by atoms with Gasteiger partial charge in [0.2, 0.25) is 5.95 Å². The fourth-order valence-electron chi connectivity index (χ4n) is 4.89. The number of hydrogen-bond acceptors (Lipinski definition) is 6. The summed E-state index contributed by atoms with van der Waals surface area (Å²) in [4.78, 5) is 24.4. The van der Waals surface area contributed by atoms with Crippen LogP contribution in [-0.2, 0) is 12.8 Å². The van der Waals surface area contributed by atoms with E-state index in [1.165, 1.54) is 28.2 Å². The van der Waals surface area contributed by atoms with E-state index in [1.54, 1.807) is 29.3 Å². The molecule has 10 heteroatoms. The highest BCUT2D eigenvalue weighted by molar-refractivity contribution is 5.85. The Kier molecular flexibility index (Phi) is 4.38. The van der Waals surface area contributed by atoms with Crippen LogP contribution in [0, 0.1) is 5.82 Å². The molecule has 1 atom stereocenters. The number of rotatable bonds is 4. The van der Waals surface area contributed by atoms with Gasteiger partial charge in [0, 0.05) is 46.8 Å². The maximum Gasteiger partial charge on any atom is 0.228 e. The highest BCUT2D eigenvalue weighted by Gasteiger charge is 2.25. The van der Waals surface area contributed by atoms with Gasteiger partial charge in [0.25, 0.3) is 0 Å². The van der Waals surface area contributed by atoms with Crippen molar-refractivity contribution in [2.75, 3.05) is 5.32 Å². The summed E-state index contributed by atoms with van der Waals surface area (Å²) in [5.41, 5.74) is 5.58. The van der Waals surface area contributed by atoms with Crippen LogP contribution in [0.3, 0.4) is 0 Å². The molecule has 0 amide bonds. The van der Waals surface area contributed by atoms with Gasteiger partial charge in [-0.1, -0.05) is 18.2 Å². The van der Waals surface area contributed by atoms with Gasteiger partial charge in [-0.15, -0.1) is 0 Å². The molecule has 1 aromatic carbocycles. The first-order chi connectivity index (χ1) is 17.2. The summed E-state index contributed by atoms with van der Waals surface area (Å²) < 4.78 is 15.6. The Balaban J connectivity index is 1.32. The molecule has 0 saturated carbocycles. The van der Waals surface area contributed by atoms with Crippen molar-refractivity contribution in [1.82, 2.24) is 39.5 Å². The molecular weight excluding hydrogens is 445 g/mol. The van der Waals surface area contributed by atoms with Crippen molar-refractivity contribution < 1.29 is 4.39 Å². The number of benzene rings is 1. The normalized spacial score (nSPS) is 15.5. The first-order valence-corrected chi connectivity index (χ1v) is 11.4. The minimum Gasteiger partial charge on any atom is -0.358 e. The van der Waals surface area contributed by atoms with E-state index in [0.717, 1.165) is 31.0 Å². The molecule has 172 valence electrons. The highest BCUT2D eigenvalue weighted by atomic mass is 19.1. The summed E-state index contributed by atoms with van der Waals surface area (Å²) in [6, 6.07) is 9.92. The van der Waals surface area contributed by atoms with Crippen molar-refractivity contribution in [3.63, 3.8) is 0 Å². The first-order valence-electron chi connectivity index (χ1n) is 11.4. The van der Waals surface area contributed by atoms with Gasteiger partial charge >= 0.3 is 0 Å². The number of imidazole rings is 1. The number of H-pyrrole nitrogens is 2. The predicted octanol–water partition coefficient (Wildman–Crippen LogP) is 4.17. The van der Waals surface area contributed by atoms with Crippen LogP contribution in [-0.4, -0.2) is 45.6 Å². The Morgan fingerprint density at radius 3 is 2.94 bits per heavy atom. The maximum atomic E-state index is 14.0. The lowest BCUT2D eigenvalue weighted by Gasteiger charge is -2.24. The third kappa shape index (κ3) is 3.33. The molecule has 3 N–H and O–H groups in total. The van der Waals surface area contributed by atoms with Gasteiger partial charge in [0.05, 0.1) is 18.0 Å². The average Bonchev–Trinajstić information content (AvgIpc) is 3.62. The van der Waals surface area contributed by atoms with Crippen LogP contribution in [0.25, 0.3) is 39.3 Å². The second-order valence-corrected chi connectivity index (χ2v) is 8.71. The Labute approximate surface area is 198 Å².